The van der Waals surface area contributed by atoms with Crippen molar-refractivity contribution in [3.8, 4) is 0 Å². The van der Waals surface area contributed by atoms with Gasteiger partial charge in [-0.15, -0.1) is 0 Å². The van der Waals surface area contributed by atoms with Gasteiger partial charge in [0.05, 0.1) is 0 Å². The average Bonchev–Trinajstić information content (AvgIpc) is 2.92. The van der Waals surface area contributed by atoms with Crippen molar-refractivity contribution in [2.24, 2.45) is 5.92 Å². The number of nitrogens with zero attached hydrogens (tertiary/aromatic N) is 2. The molecule has 1 saturated carbocycles. The number of rotatable bonds is 6. The fraction of sp³-hybridized carbons (Fsp3) is 0.733. The highest BCUT2D eigenvalue weighted by Gasteiger charge is 2.30. The van der Waals surface area contributed by atoms with E-state index in [0.29, 0.717) is 5.92 Å². The van der Waals surface area contributed by atoms with E-state index in [9.17, 15) is 13.2 Å². The summed E-state index contributed by atoms with van der Waals surface area (Å²) in [6, 6.07) is 1.72. The Labute approximate surface area is 137 Å². The molecule has 0 bridgehead atoms. The first-order valence-electron chi connectivity index (χ1n) is 8.06. The third-order valence-corrected chi connectivity index (χ3v) is 5.99. The van der Waals surface area contributed by atoms with E-state index in [4.69, 9.17) is 0 Å². The molecule has 1 aromatic rings. The zero-order valence-electron chi connectivity index (χ0n) is 14.0. The van der Waals surface area contributed by atoms with Gasteiger partial charge in [0.1, 0.15) is 0 Å². The van der Waals surface area contributed by atoms with Crippen molar-refractivity contribution in [2.45, 2.75) is 50.7 Å². The summed E-state index contributed by atoms with van der Waals surface area (Å²) < 4.78 is 26.9. The monoisotopic (exact) mass is 342 g/mol. The number of sulfonamides is 1. The Kier molecular flexibility index (Phi) is 5.67. The second-order valence-electron chi connectivity index (χ2n) is 6.51. The minimum absolute atomic E-state index is 0.245. The maximum Gasteiger partial charge on any atom is 0.245 e. The largest absolute Gasteiger partial charge is 0.348 e. The van der Waals surface area contributed by atoms with Gasteiger partial charge in [-0.1, -0.05) is 32.1 Å². The normalized spacial score (nSPS) is 17.7. The highest BCUT2D eigenvalue weighted by Crippen LogP contribution is 2.27. The second-order valence-corrected chi connectivity index (χ2v) is 8.51. The minimum Gasteiger partial charge on any atom is -0.348 e. The quantitative estimate of drug-likeness (QED) is 0.823. The van der Waals surface area contributed by atoms with Gasteiger partial charge in [0.2, 0.25) is 15.9 Å². The molecule has 7 nitrogen and oxygen atoms in total. The fourth-order valence-corrected chi connectivity index (χ4v) is 4.00. The third kappa shape index (κ3) is 4.70. The number of H-pyrrole nitrogens is 1. The van der Waals surface area contributed by atoms with Crippen LogP contribution in [0.25, 0.3) is 0 Å². The predicted molar refractivity (Wildman–Crippen MR) is 89.6 cm³/mol. The van der Waals surface area contributed by atoms with Gasteiger partial charge in [-0.3, -0.25) is 14.6 Å². The molecular formula is C15H26N4O3S. The van der Waals surface area contributed by atoms with E-state index >= 15 is 0 Å². The lowest BCUT2D eigenvalue weighted by atomic mass is 9.86. The van der Waals surface area contributed by atoms with Crippen LogP contribution in [-0.4, -0.2) is 48.8 Å². The van der Waals surface area contributed by atoms with Crippen molar-refractivity contribution >= 4 is 21.7 Å². The zero-order valence-corrected chi connectivity index (χ0v) is 14.8. The summed E-state index contributed by atoms with van der Waals surface area (Å²) in [4.78, 5) is 13.1. The summed E-state index contributed by atoms with van der Waals surface area (Å²) >= 11 is 0. The number of carbonyl (C=O) groups is 1. The summed E-state index contributed by atoms with van der Waals surface area (Å²) in [7, 11) is -0.735. The van der Waals surface area contributed by atoms with Gasteiger partial charge < -0.3 is 4.90 Å². The summed E-state index contributed by atoms with van der Waals surface area (Å²) in [5.41, 5.74) is 0.932. The van der Waals surface area contributed by atoms with Gasteiger partial charge in [0.15, 0.2) is 11.1 Å². The van der Waals surface area contributed by atoms with Crippen LogP contribution in [0.2, 0.25) is 0 Å². The SMILES string of the molecule is CC(C(=O)N(C)C)S(=O)(=O)Nc1cc(CC2CCCCC2)[nH]n1. The van der Waals surface area contributed by atoms with Crippen LogP contribution in [-0.2, 0) is 21.2 Å². The maximum absolute atomic E-state index is 12.2. The van der Waals surface area contributed by atoms with Crippen molar-refractivity contribution in [1.29, 1.82) is 0 Å². The highest BCUT2D eigenvalue weighted by atomic mass is 32.2. The molecule has 1 atom stereocenters. The Balaban J connectivity index is 1.98. The molecule has 1 aromatic heterocycles. The molecule has 8 heteroatoms. The van der Waals surface area contributed by atoms with E-state index in [1.54, 1.807) is 6.07 Å². The summed E-state index contributed by atoms with van der Waals surface area (Å²) in [5, 5.41) is 5.75. The molecular weight excluding hydrogens is 316 g/mol. The highest BCUT2D eigenvalue weighted by molar-refractivity contribution is 7.94. The molecule has 0 radical (unpaired) electrons. The Bertz CT molecular complexity index is 633. The lowest BCUT2D eigenvalue weighted by Gasteiger charge is -2.20. The van der Waals surface area contributed by atoms with E-state index in [-0.39, 0.29) is 5.82 Å². The number of anilines is 1. The Morgan fingerprint density at radius 2 is 2.04 bits per heavy atom. The smallest absolute Gasteiger partial charge is 0.245 e. The molecule has 1 fully saturated rings. The molecule has 0 saturated heterocycles. The van der Waals surface area contributed by atoms with Gasteiger partial charge in [-0.2, -0.15) is 5.10 Å². The van der Waals surface area contributed by atoms with Crippen molar-refractivity contribution in [3.05, 3.63) is 11.8 Å². The number of carbonyl (C=O) groups excluding carboxylic acids is 1. The van der Waals surface area contributed by atoms with Crippen LogP contribution in [0.4, 0.5) is 5.82 Å². The lowest BCUT2D eigenvalue weighted by molar-refractivity contribution is -0.127. The second kappa shape index (κ2) is 7.33. The van der Waals surface area contributed by atoms with Crippen molar-refractivity contribution in [1.82, 2.24) is 15.1 Å². The maximum atomic E-state index is 12.2. The standard InChI is InChI=1S/C15H26N4O3S/c1-11(15(20)19(2)3)23(21,22)18-14-10-13(16-17-14)9-12-7-5-4-6-8-12/h10-12H,4-9H2,1-3H3,(H2,16,17,18). The van der Waals surface area contributed by atoms with Crippen LogP contribution in [0.5, 0.6) is 0 Å². The molecule has 1 aliphatic rings. The van der Waals surface area contributed by atoms with Crippen molar-refractivity contribution < 1.29 is 13.2 Å². The number of nitrogens with one attached hydrogen (secondary N) is 2. The Morgan fingerprint density at radius 3 is 2.65 bits per heavy atom. The van der Waals surface area contributed by atoms with Gasteiger partial charge in [0, 0.05) is 25.9 Å². The van der Waals surface area contributed by atoms with E-state index in [1.165, 1.54) is 58.0 Å². The summed E-state index contributed by atoms with van der Waals surface area (Å²) in [6.45, 7) is 1.38. The van der Waals surface area contributed by atoms with Gasteiger partial charge >= 0.3 is 0 Å². The van der Waals surface area contributed by atoms with E-state index in [2.05, 4.69) is 14.9 Å². The van der Waals surface area contributed by atoms with E-state index in [0.717, 1.165) is 12.1 Å². The molecule has 2 N–H and O–H groups in total. The van der Waals surface area contributed by atoms with Crippen LogP contribution < -0.4 is 4.72 Å². The van der Waals surface area contributed by atoms with E-state index in [1.807, 2.05) is 0 Å². The van der Waals surface area contributed by atoms with Crippen LogP contribution in [0.15, 0.2) is 6.07 Å². The predicted octanol–water partition coefficient (Wildman–Crippen LogP) is 1.75. The summed E-state index contributed by atoms with van der Waals surface area (Å²) in [6.07, 6.45) is 7.16. The minimum atomic E-state index is -3.80. The first-order valence-corrected chi connectivity index (χ1v) is 9.61. The van der Waals surface area contributed by atoms with Gasteiger partial charge in [-0.05, 0) is 19.3 Å². The number of hydrogen-bond donors (Lipinski definition) is 2. The molecule has 130 valence electrons. The third-order valence-electron chi connectivity index (χ3n) is 4.37. The van der Waals surface area contributed by atoms with Crippen molar-refractivity contribution in [3.63, 3.8) is 0 Å². The van der Waals surface area contributed by atoms with Crippen LogP contribution in [0.1, 0.15) is 44.7 Å². The Hall–Kier alpha value is -1.57. The molecule has 1 heterocycles. The van der Waals surface area contributed by atoms with Gasteiger partial charge in [-0.25, -0.2) is 8.42 Å². The number of aromatic amines is 1. The molecule has 1 amide bonds. The van der Waals surface area contributed by atoms with Crippen LogP contribution >= 0.6 is 0 Å². The number of aromatic nitrogens is 2. The summed E-state index contributed by atoms with van der Waals surface area (Å²) in [5.74, 6) is 0.424. The first kappa shape index (κ1) is 17.8. The molecule has 0 aliphatic heterocycles. The van der Waals surface area contributed by atoms with Crippen molar-refractivity contribution in [2.75, 3.05) is 18.8 Å². The van der Waals surface area contributed by atoms with Gasteiger partial charge in [0.25, 0.3) is 0 Å². The number of amides is 1. The van der Waals surface area contributed by atoms with Crippen LogP contribution in [0.3, 0.4) is 0 Å². The van der Waals surface area contributed by atoms with Crippen LogP contribution in [0, 0.1) is 5.92 Å². The fourth-order valence-electron chi connectivity index (χ4n) is 2.95. The molecule has 1 unspecified atom stereocenters. The number of hydrogen-bond acceptors (Lipinski definition) is 4. The zero-order chi connectivity index (χ0) is 17.0. The molecule has 2 rings (SSSR count). The lowest BCUT2D eigenvalue weighted by Crippen LogP contribution is -2.39. The Morgan fingerprint density at radius 1 is 1.39 bits per heavy atom. The van der Waals surface area contributed by atoms with E-state index < -0.39 is 21.2 Å². The first-order chi connectivity index (χ1) is 10.8. The topological polar surface area (TPSA) is 95.2 Å². The molecule has 0 aromatic carbocycles. The molecule has 0 spiro atoms. The molecule has 23 heavy (non-hydrogen) atoms. The molecule has 1 aliphatic carbocycles. The average molecular weight is 342 g/mol.